The molecule has 102 valence electrons. The molecular formula is C16H23N3. The highest BCUT2D eigenvalue weighted by atomic mass is 15.3. The average Bonchev–Trinajstić information content (AvgIpc) is 2.82. The van der Waals surface area contributed by atoms with Gasteiger partial charge in [0.2, 0.25) is 0 Å². The Kier molecular flexibility index (Phi) is 3.76. The van der Waals surface area contributed by atoms with Gasteiger partial charge in [-0.05, 0) is 37.1 Å². The van der Waals surface area contributed by atoms with Crippen LogP contribution >= 0.6 is 0 Å². The van der Waals surface area contributed by atoms with Gasteiger partial charge < -0.3 is 5.73 Å². The van der Waals surface area contributed by atoms with E-state index in [2.05, 4.69) is 58.0 Å². The Bertz CT molecular complexity index is 550. The van der Waals surface area contributed by atoms with E-state index in [0.29, 0.717) is 6.54 Å². The average molecular weight is 257 g/mol. The lowest BCUT2D eigenvalue weighted by molar-refractivity contribution is 0.515. The van der Waals surface area contributed by atoms with Crippen molar-refractivity contribution in [2.24, 2.45) is 5.73 Å². The Labute approximate surface area is 115 Å². The molecule has 0 radical (unpaired) electrons. The molecule has 1 aromatic carbocycles. The van der Waals surface area contributed by atoms with Crippen molar-refractivity contribution in [2.75, 3.05) is 6.54 Å². The summed E-state index contributed by atoms with van der Waals surface area (Å²) >= 11 is 0. The fourth-order valence-corrected chi connectivity index (χ4v) is 2.04. The lowest BCUT2D eigenvalue weighted by Crippen LogP contribution is -2.28. The third-order valence-electron chi connectivity index (χ3n) is 3.68. The van der Waals surface area contributed by atoms with Crippen LogP contribution in [0.4, 0.5) is 0 Å². The lowest BCUT2D eigenvalue weighted by atomic mass is 9.90. The fourth-order valence-electron chi connectivity index (χ4n) is 2.04. The molecule has 1 heterocycles. The standard InChI is InChI=1S/C16H23N3/c1-5-13-6-8-14(9-7-13)19-12(2)10-15(18-19)16(3,4)11-17/h6-10H,5,11,17H2,1-4H3. The number of rotatable bonds is 4. The largest absolute Gasteiger partial charge is 0.330 e. The maximum atomic E-state index is 5.82. The molecule has 0 atom stereocenters. The topological polar surface area (TPSA) is 43.8 Å². The lowest BCUT2D eigenvalue weighted by Gasteiger charge is -2.19. The van der Waals surface area contributed by atoms with Gasteiger partial charge in [0, 0.05) is 17.7 Å². The second-order valence-corrected chi connectivity index (χ2v) is 5.69. The van der Waals surface area contributed by atoms with Gasteiger partial charge >= 0.3 is 0 Å². The first-order valence-corrected chi connectivity index (χ1v) is 6.84. The second-order valence-electron chi connectivity index (χ2n) is 5.69. The number of hydrogen-bond acceptors (Lipinski definition) is 2. The third-order valence-corrected chi connectivity index (χ3v) is 3.68. The number of nitrogens with two attached hydrogens (primary N) is 1. The minimum atomic E-state index is -0.0840. The maximum absolute atomic E-state index is 5.82. The molecule has 0 spiro atoms. The predicted octanol–water partition coefficient (Wildman–Crippen LogP) is 2.98. The van der Waals surface area contributed by atoms with Gasteiger partial charge in [-0.2, -0.15) is 5.10 Å². The molecule has 0 unspecified atom stereocenters. The number of benzene rings is 1. The minimum Gasteiger partial charge on any atom is -0.330 e. The van der Waals surface area contributed by atoms with Crippen LogP contribution in [0.2, 0.25) is 0 Å². The smallest absolute Gasteiger partial charge is 0.0700 e. The van der Waals surface area contributed by atoms with E-state index in [1.54, 1.807) is 0 Å². The molecule has 2 N–H and O–H groups in total. The van der Waals surface area contributed by atoms with Crippen molar-refractivity contribution in [3.05, 3.63) is 47.3 Å². The molecule has 0 aliphatic carbocycles. The molecular weight excluding hydrogens is 234 g/mol. The number of aryl methyl sites for hydroxylation is 2. The van der Waals surface area contributed by atoms with Crippen molar-refractivity contribution in [1.82, 2.24) is 9.78 Å². The van der Waals surface area contributed by atoms with Gasteiger partial charge in [0.25, 0.3) is 0 Å². The van der Waals surface area contributed by atoms with Gasteiger partial charge in [0.1, 0.15) is 0 Å². The van der Waals surface area contributed by atoms with Gasteiger partial charge in [0.05, 0.1) is 11.4 Å². The SMILES string of the molecule is CCc1ccc(-n2nc(C(C)(C)CN)cc2C)cc1. The van der Waals surface area contributed by atoms with Gasteiger partial charge in [-0.3, -0.25) is 0 Å². The van der Waals surface area contributed by atoms with E-state index in [1.807, 2.05) is 4.68 Å². The molecule has 2 rings (SSSR count). The number of nitrogens with zero attached hydrogens (tertiary/aromatic N) is 2. The zero-order valence-electron chi connectivity index (χ0n) is 12.3. The summed E-state index contributed by atoms with van der Waals surface area (Å²) in [5.41, 5.74) is 10.4. The fraction of sp³-hybridized carbons (Fsp3) is 0.438. The highest BCUT2D eigenvalue weighted by Crippen LogP contribution is 2.23. The van der Waals surface area contributed by atoms with Crippen LogP contribution in [0.1, 0.15) is 37.7 Å². The Morgan fingerprint density at radius 2 is 1.84 bits per heavy atom. The Morgan fingerprint density at radius 3 is 2.37 bits per heavy atom. The van der Waals surface area contributed by atoms with E-state index in [-0.39, 0.29) is 5.41 Å². The third kappa shape index (κ3) is 2.71. The van der Waals surface area contributed by atoms with Gasteiger partial charge in [-0.1, -0.05) is 32.9 Å². The van der Waals surface area contributed by atoms with Crippen molar-refractivity contribution in [2.45, 2.75) is 39.5 Å². The number of aromatic nitrogens is 2. The van der Waals surface area contributed by atoms with E-state index in [1.165, 1.54) is 5.56 Å². The zero-order chi connectivity index (χ0) is 14.0. The molecule has 19 heavy (non-hydrogen) atoms. The minimum absolute atomic E-state index is 0.0840. The Hall–Kier alpha value is -1.61. The summed E-state index contributed by atoms with van der Waals surface area (Å²) in [6.07, 6.45) is 1.06. The van der Waals surface area contributed by atoms with Crippen LogP contribution in [0.25, 0.3) is 5.69 Å². The Morgan fingerprint density at radius 1 is 1.21 bits per heavy atom. The van der Waals surface area contributed by atoms with E-state index in [0.717, 1.165) is 23.5 Å². The van der Waals surface area contributed by atoms with Crippen LogP contribution in [0.5, 0.6) is 0 Å². The number of hydrogen-bond donors (Lipinski definition) is 1. The quantitative estimate of drug-likeness (QED) is 0.915. The van der Waals surface area contributed by atoms with Crippen molar-refractivity contribution in [1.29, 1.82) is 0 Å². The molecule has 0 fully saturated rings. The normalized spacial score (nSPS) is 11.8. The van der Waals surface area contributed by atoms with Crippen LogP contribution in [0, 0.1) is 6.92 Å². The van der Waals surface area contributed by atoms with Crippen LogP contribution in [-0.4, -0.2) is 16.3 Å². The highest BCUT2D eigenvalue weighted by molar-refractivity contribution is 5.36. The molecule has 0 aliphatic rings. The molecule has 3 nitrogen and oxygen atoms in total. The highest BCUT2D eigenvalue weighted by Gasteiger charge is 2.22. The Balaban J connectivity index is 2.40. The second kappa shape index (κ2) is 5.17. The van der Waals surface area contributed by atoms with Crippen LogP contribution in [0.15, 0.2) is 30.3 Å². The predicted molar refractivity (Wildman–Crippen MR) is 79.8 cm³/mol. The van der Waals surface area contributed by atoms with Gasteiger partial charge in [-0.25, -0.2) is 4.68 Å². The summed E-state index contributed by atoms with van der Waals surface area (Å²) in [7, 11) is 0. The van der Waals surface area contributed by atoms with Crippen molar-refractivity contribution >= 4 is 0 Å². The van der Waals surface area contributed by atoms with E-state index < -0.39 is 0 Å². The molecule has 0 aliphatic heterocycles. The molecule has 2 aromatic rings. The maximum Gasteiger partial charge on any atom is 0.0700 e. The first-order valence-electron chi connectivity index (χ1n) is 6.84. The first-order chi connectivity index (χ1) is 8.97. The summed E-state index contributed by atoms with van der Waals surface area (Å²) in [5, 5.41) is 4.71. The zero-order valence-corrected chi connectivity index (χ0v) is 12.3. The molecule has 1 aromatic heterocycles. The summed E-state index contributed by atoms with van der Waals surface area (Å²) in [4.78, 5) is 0. The molecule has 3 heteroatoms. The molecule has 0 saturated carbocycles. The monoisotopic (exact) mass is 257 g/mol. The van der Waals surface area contributed by atoms with E-state index in [4.69, 9.17) is 10.8 Å². The van der Waals surface area contributed by atoms with Gasteiger partial charge in [-0.15, -0.1) is 0 Å². The van der Waals surface area contributed by atoms with Crippen LogP contribution in [-0.2, 0) is 11.8 Å². The van der Waals surface area contributed by atoms with Crippen molar-refractivity contribution in [3.8, 4) is 5.69 Å². The van der Waals surface area contributed by atoms with Gasteiger partial charge in [0.15, 0.2) is 0 Å². The molecule has 0 saturated heterocycles. The summed E-state index contributed by atoms with van der Waals surface area (Å²) in [6.45, 7) is 9.09. The van der Waals surface area contributed by atoms with Crippen molar-refractivity contribution in [3.63, 3.8) is 0 Å². The molecule has 0 bridgehead atoms. The van der Waals surface area contributed by atoms with E-state index >= 15 is 0 Å². The summed E-state index contributed by atoms with van der Waals surface area (Å²) < 4.78 is 1.99. The van der Waals surface area contributed by atoms with Crippen LogP contribution < -0.4 is 5.73 Å². The van der Waals surface area contributed by atoms with Crippen LogP contribution in [0.3, 0.4) is 0 Å². The van der Waals surface area contributed by atoms with Crippen molar-refractivity contribution < 1.29 is 0 Å². The first kappa shape index (κ1) is 13.8. The van der Waals surface area contributed by atoms with E-state index in [9.17, 15) is 0 Å². The summed E-state index contributed by atoms with van der Waals surface area (Å²) in [6, 6.07) is 10.7. The summed E-state index contributed by atoms with van der Waals surface area (Å²) in [5.74, 6) is 0. The molecule has 0 amide bonds.